The van der Waals surface area contributed by atoms with E-state index in [9.17, 15) is 13.2 Å². The molecule has 0 aromatic heterocycles. The van der Waals surface area contributed by atoms with Crippen LogP contribution in [0.25, 0.3) is 0 Å². The Hall–Kier alpha value is -0.590. The second kappa shape index (κ2) is 3.95. The van der Waals surface area contributed by atoms with Gasteiger partial charge in [0.25, 0.3) is 15.9 Å². The summed E-state index contributed by atoms with van der Waals surface area (Å²) in [5.74, 6) is -0.455. The van der Waals surface area contributed by atoms with Crippen molar-refractivity contribution < 1.29 is 13.2 Å². The second-order valence-electron chi connectivity index (χ2n) is 4.64. The second-order valence-corrected chi connectivity index (χ2v) is 8.24. The van der Waals surface area contributed by atoms with Gasteiger partial charge < -0.3 is 0 Å². The molecule has 7 heteroatoms. The summed E-state index contributed by atoms with van der Waals surface area (Å²) in [6.45, 7) is 4.59. The molecule has 0 bridgehead atoms. The van der Waals surface area contributed by atoms with Crippen molar-refractivity contribution in [1.82, 2.24) is 0 Å². The predicted molar refractivity (Wildman–Crippen MR) is 74.4 cm³/mol. The van der Waals surface area contributed by atoms with E-state index in [1.807, 2.05) is 0 Å². The van der Waals surface area contributed by atoms with E-state index < -0.39 is 20.7 Å². The molecule has 18 heavy (non-hydrogen) atoms. The first-order valence-electron chi connectivity index (χ1n) is 5.15. The van der Waals surface area contributed by atoms with Gasteiger partial charge in [0.1, 0.15) is 0 Å². The Balaban J connectivity index is 2.60. The molecule has 1 aromatic carbocycles. The van der Waals surface area contributed by atoms with Gasteiger partial charge in [0, 0.05) is 9.50 Å². The fourth-order valence-corrected chi connectivity index (χ4v) is 4.09. The van der Waals surface area contributed by atoms with E-state index in [1.165, 1.54) is 19.9 Å². The van der Waals surface area contributed by atoms with Crippen LogP contribution >= 0.6 is 27.5 Å². The number of hydrogen-bond acceptors (Lipinski definition) is 3. The zero-order valence-electron chi connectivity index (χ0n) is 9.99. The number of hydrogen-bond donors (Lipinski definition) is 0. The maximum Gasteiger partial charge on any atom is 0.263 e. The van der Waals surface area contributed by atoms with Crippen molar-refractivity contribution in [3.8, 4) is 0 Å². The lowest BCUT2D eigenvalue weighted by molar-refractivity contribution is -0.120. The molecular weight excluding hydrogens is 342 g/mol. The van der Waals surface area contributed by atoms with E-state index in [0.29, 0.717) is 9.50 Å². The van der Waals surface area contributed by atoms with Crippen LogP contribution in [0.2, 0.25) is 5.02 Å². The molecule has 2 rings (SSSR count). The summed E-state index contributed by atoms with van der Waals surface area (Å²) in [5, 5.41) is 0.418. The topological polar surface area (TPSA) is 54.5 Å². The first kappa shape index (κ1) is 13.8. The fraction of sp³-hybridized carbons (Fsp3) is 0.364. The van der Waals surface area contributed by atoms with Crippen LogP contribution in [0, 0.1) is 6.92 Å². The normalized spacial score (nSPS) is 20.7. The quantitative estimate of drug-likeness (QED) is 0.781. The third-order valence-electron chi connectivity index (χ3n) is 3.03. The molecule has 98 valence electrons. The zero-order chi connectivity index (χ0) is 13.9. The summed E-state index contributed by atoms with van der Waals surface area (Å²) in [7, 11) is -3.66. The molecule has 0 aliphatic carbocycles. The van der Waals surface area contributed by atoms with Crippen molar-refractivity contribution >= 4 is 49.1 Å². The summed E-state index contributed by atoms with van der Waals surface area (Å²) < 4.78 is 24.1. The van der Waals surface area contributed by atoms with E-state index in [4.69, 9.17) is 11.6 Å². The summed E-state index contributed by atoms with van der Waals surface area (Å²) in [6.07, 6.45) is 0. The van der Waals surface area contributed by atoms with Crippen molar-refractivity contribution in [2.45, 2.75) is 25.5 Å². The number of sulfonamides is 1. The van der Waals surface area contributed by atoms with Gasteiger partial charge in [-0.2, -0.15) is 0 Å². The molecule has 0 N–H and O–H groups in total. The first-order valence-corrected chi connectivity index (χ1v) is 7.77. The predicted octanol–water partition coefficient (Wildman–Crippen LogP) is 2.87. The highest BCUT2D eigenvalue weighted by molar-refractivity contribution is 9.10. The number of nitrogens with zero attached hydrogens (tertiary/aromatic N) is 1. The lowest BCUT2D eigenvalue weighted by atomic mass is 10.1. The standard InChI is InChI=1S/C11H11BrClNO3S/c1-6-4-7(12)9(5-8(6)13)14-10(15)11(2,3)18(14,16)17/h4-5H,1-3H3. The molecule has 1 fully saturated rings. The molecule has 1 aliphatic rings. The van der Waals surface area contributed by atoms with Crippen LogP contribution in [-0.2, 0) is 14.8 Å². The van der Waals surface area contributed by atoms with Crippen LogP contribution in [0.3, 0.4) is 0 Å². The number of rotatable bonds is 1. The molecule has 0 atom stereocenters. The molecule has 1 heterocycles. The Kier molecular flexibility index (Phi) is 3.04. The molecule has 1 saturated heterocycles. The Morgan fingerprint density at radius 1 is 1.33 bits per heavy atom. The third kappa shape index (κ3) is 1.62. The fourth-order valence-electron chi connectivity index (χ4n) is 1.68. The molecule has 1 aliphatic heterocycles. The number of carbonyl (C=O) groups excluding carboxylic acids is 1. The Morgan fingerprint density at radius 3 is 2.39 bits per heavy atom. The zero-order valence-corrected chi connectivity index (χ0v) is 13.1. The number of benzene rings is 1. The number of amides is 1. The highest BCUT2D eigenvalue weighted by atomic mass is 79.9. The minimum atomic E-state index is -3.66. The molecule has 4 nitrogen and oxygen atoms in total. The summed E-state index contributed by atoms with van der Waals surface area (Å²) in [6, 6.07) is 3.16. The maximum absolute atomic E-state index is 12.1. The third-order valence-corrected chi connectivity index (χ3v) is 6.38. The van der Waals surface area contributed by atoms with Crippen molar-refractivity contribution in [3.05, 3.63) is 27.2 Å². The lowest BCUT2D eigenvalue weighted by Gasteiger charge is -2.43. The minimum Gasteiger partial charge on any atom is -0.272 e. The van der Waals surface area contributed by atoms with Crippen molar-refractivity contribution in [2.75, 3.05) is 4.31 Å². The van der Waals surface area contributed by atoms with E-state index in [1.54, 1.807) is 13.0 Å². The maximum atomic E-state index is 12.1. The van der Waals surface area contributed by atoms with Crippen LogP contribution in [0.15, 0.2) is 16.6 Å². The smallest absolute Gasteiger partial charge is 0.263 e. The highest BCUT2D eigenvalue weighted by Gasteiger charge is 2.61. The van der Waals surface area contributed by atoms with Crippen LogP contribution in [0.5, 0.6) is 0 Å². The first-order chi connectivity index (χ1) is 8.10. The van der Waals surface area contributed by atoms with Crippen molar-refractivity contribution in [1.29, 1.82) is 0 Å². The minimum absolute atomic E-state index is 0.259. The van der Waals surface area contributed by atoms with Crippen LogP contribution < -0.4 is 4.31 Å². The molecule has 0 unspecified atom stereocenters. The number of anilines is 1. The van der Waals surface area contributed by atoms with E-state index in [-0.39, 0.29) is 5.69 Å². The number of carbonyl (C=O) groups is 1. The summed E-state index contributed by atoms with van der Waals surface area (Å²) in [4.78, 5) is 11.9. The van der Waals surface area contributed by atoms with Crippen LogP contribution in [0.4, 0.5) is 5.69 Å². The van der Waals surface area contributed by atoms with Gasteiger partial charge in [0.15, 0.2) is 4.75 Å². The van der Waals surface area contributed by atoms with E-state index >= 15 is 0 Å². The Morgan fingerprint density at radius 2 is 1.89 bits per heavy atom. The lowest BCUT2D eigenvalue weighted by Crippen LogP contribution is -2.67. The monoisotopic (exact) mass is 351 g/mol. The van der Waals surface area contributed by atoms with Gasteiger partial charge >= 0.3 is 0 Å². The van der Waals surface area contributed by atoms with Gasteiger partial charge in [-0.3, -0.25) is 4.79 Å². The van der Waals surface area contributed by atoms with Crippen LogP contribution in [-0.4, -0.2) is 19.1 Å². The van der Waals surface area contributed by atoms with Crippen LogP contribution in [0.1, 0.15) is 19.4 Å². The largest absolute Gasteiger partial charge is 0.272 e. The number of aryl methyl sites for hydroxylation is 1. The van der Waals surface area contributed by atoms with Gasteiger partial charge in [0.05, 0.1) is 5.69 Å². The van der Waals surface area contributed by atoms with E-state index in [2.05, 4.69) is 15.9 Å². The molecule has 0 spiro atoms. The summed E-state index contributed by atoms with van der Waals surface area (Å²) >= 11 is 9.23. The Bertz CT molecular complexity index is 654. The molecule has 1 amide bonds. The van der Waals surface area contributed by atoms with E-state index in [0.717, 1.165) is 9.87 Å². The van der Waals surface area contributed by atoms with Gasteiger partial charge in [0.2, 0.25) is 0 Å². The summed E-state index contributed by atoms with van der Waals surface area (Å²) in [5.41, 5.74) is 1.06. The highest BCUT2D eigenvalue weighted by Crippen LogP contribution is 2.43. The van der Waals surface area contributed by atoms with Crippen molar-refractivity contribution in [3.63, 3.8) is 0 Å². The van der Waals surface area contributed by atoms with Crippen molar-refractivity contribution in [2.24, 2.45) is 0 Å². The van der Waals surface area contributed by atoms with Gasteiger partial charge in [-0.05, 0) is 54.4 Å². The molecule has 0 saturated carbocycles. The van der Waals surface area contributed by atoms with Gasteiger partial charge in [-0.25, -0.2) is 12.7 Å². The van der Waals surface area contributed by atoms with Gasteiger partial charge in [-0.1, -0.05) is 11.6 Å². The molecule has 1 aromatic rings. The number of halogens is 2. The SMILES string of the molecule is Cc1cc(Br)c(N2C(=O)C(C)(C)S2(=O)=O)cc1Cl. The molecular formula is C11H11BrClNO3S. The Labute approximate surface area is 119 Å². The average Bonchev–Trinajstić information content (AvgIpc) is 2.25. The molecule has 0 radical (unpaired) electrons. The van der Waals surface area contributed by atoms with Gasteiger partial charge in [-0.15, -0.1) is 0 Å². The average molecular weight is 353 g/mol.